The van der Waals surface area contributed by atoms with E-state index in [9.17, 15) is 0 Å². The Balaban J connectivity index is 3.10. The van der Waals surface area contributed by atoms with Gasteiger partial charge < -0.3 is 9.68 Å². The van der Waals surface area contributed by atoms with Gasteiger partial charge in [-0.1, -0.05) is 28.4 Å². The fourth-order valence-electron chi connectivity index (χ4n) is 1.36. The molecule has 0 saturated carbocycles. The number of hydrogen-bond donors (Lipinski definition) is 0. The topological polar surface area (TPSA) is 43.2 Å². The molecule has 1 rings (SSSR count). The Labute approximate surface area is 107 Å². The minimum absolute atomic E-state index is 0.492. The Morgan fingerprint density at radius 3 is 2.44 bits per heavy atom. The lowest BCUT2D eigenvalue weighted by Gasteiger charge is -2.05. The zero-order valence-electron chi connectivity index (χ0n) is 10.8. The van der Waals surface area contributed by atoms with Crippen LogP contribution in [-0.2, 0) is 9.68 Å². The van der Waals surface area contributed by atoms with Crippen molar-refractivity contribution in [3.8, 4) is 12.3 Å². The molecule has 0 atom stereocenters. The molecule has 0 unspecified atom stereocenters. The molecule has 0 bridgehead atoms. The Morgan fingerprint density at radius 1 is 1.28 bits per heavy atom. The second-order valence-corrected chi connectivity index (χ2v) is 3.44. The summed E-state index contributed by atoms with van der Waals surface area (Å²) in [4.78, 5) is 9.84. The average Bonchev–Trinajstić information content (AvgIpc) is 2.40. The van der Waals surface area contributed by atoms with Crippen molar-refractivity contribution in [1.82, 2.24) is 0 Å². The van der Waals surface area contributed by atoms with Gasteiger partial charge >= 0.3 is 0 Å². The van der Waals surface area contributed by atoms with Crippen LogP contribution in [0.3, 0.4) is 0 Å². The molecule has 0 amide bonds. The van der Waals surface area contributed by atoms with Gasteiger partial charge in [-0.15, -0.1) is 6.42 Å². The lowest BCUT2D eigenvalue weighted by molar-refractivity contribution is 0.159. The number of terminal acetylenes is 1. The van der Waals surface area contributed by atoms with E-state index in [1.165, 1.54) is 7.11 Å². The van der Waals surface area contributed by atoms with Crippen molar-refractivity contribution in [3.05, 3.63) is 35.4 Å². The molecular weight excluding hydrogens is 228 g/mol. The fraction of sp³-hybridized carbons (Fsp3) is 0.286. The van der Waals surface area contributed by atoms with Crippen molar-refractivity contribution in [3.63, 3.8) is 0 Å². The highest BCUT2D eigenvalue weighted by molar-refractivity contribution is 6.47. The van der Waals surface area contributed by atoms with Crippen molar-refractivity contribution in [1.29, 1.82) is 0 Å². The fourth-order valence-corrected chi connectivity index (χ4v) is 1.36. The summed E-state index contributed by atoms with van der Waals surface area (Å²) in [6, 6.07) is 7.44. The average molecular weight is 244 g/mol. The first-order valence-corrected chi connectivity index (χ1v) is 5.58. The van der Waals surface area contributed by atoms with Gasteiger partial charge in [0.25, 0.3) is 0 Å². The predicted molar refractivity (Wildman–Crippen MR) is 72.7 cm³/mol. The SMILES string of the molecule is C#Cc1ccc(C(=NOCC)C(C)=NOC)cc1. The van der Waals surface area contributed by atoms with Gasteiger partial charge in [0.1, 0.15) is 25.1 Å². The zero-order valence-corrected chi connectivity index (χ0v) is 10.8. The maximum Gasteiger partial charge on any atom is 0.134 e. The van der Waals surface area contributed by atoms with E-state index < -0.39 is 0 Å². The first-order valence-electron chi connectivity index (χ1n) is 5.58. The Bertz CT molecular complexity index is 482. The standard InChI is InChI=1S/C14H16N2O2/c1-5-12-7-9-13(10-8-12)14(16-18-6-2)11(3)15-17-4/h1,7-10H,6H2,2-4H3. The summed E-state index contributed by atoms with van der Waals surface area (Å²) < 4.78 is 0. The number of rotatable bonds is 5. The predicted octanol–water partition coefficient (Wildman–Crippen LogP) is 2.43. The van der Waals surface area contributed by atoms with Crippen LogP contribution < -0.4 is 0 Å². The molecule has 0 aromatic heterocycles. The monoisotopic (exact) mass is 244 g/mol. The minimum atomic E-state index is 0.492. The first kappa shape index (κ1) is 13.8. The van der Waals surface area contributed by atoms with Crippen LogP contribution in [0.2, 0.25) is 0 Å². The molecule has 0 fully saturated rings. The Kier molecular flexibility index (Phi) is 5.46. The molecule has 0 spiro atoms. The van der Waals surface area contributed by atoms with Crippen LogP contribution in [0.25, 0.3) is 0 Å². The Hall–Kier alpha value is -2.28. The second kappa shape index (κ2) is 7.13. The van der Waals surface area contributed by atoms with E-state index in [-0.39, 0.29) is 0 Å². The van der Waals surface area contributed by atoms with Crippen LogP contribution in [0.5, 0.6) is 0 Å². The van der Waals surface area contributed by atoms with Gasteiger partial charge in [0.2, 0.25) is 0 Å². The molecule has 94 valence electrons. The van der Waals surface area contributed by atoms with E-state index in [0.717, 1.165) is 11.1 Å². The number of nitrogens with zero attached hydrogens (tertiary/aromatic N) is 2. The van der Waals surface area contributed by atoms with Gasteiger partial charge in [0.15, 0.2) is 0 Å². The molecule has 0 aliphatic heterocycles. The largest absolute Gasteiger partial charge is 0.399 e. The second-order valence-electron chi connectivity index (χ2n) is 3.44. The van der Waals surface area contributed by atoms with E-state index in [4.69, 9.17) is 16.1 Å². The van der Waals surface area contributed by atoms with Gasteiger partial charge in [-0.25, -0.2) is 0 Å². The molecule has 0 aliphatic carbocycles. The van der Waals surface area contributed by atoms with E-state index >= 15 is 0 Å². The quantitative estimate of drug-likeness (QED) is 0.453. The zero-order chi connectivity index (χ0) is 13.4. The van der Waals surface area contributed by atoms with Crippen LogP contribution in [0.1, 0.15) is 25.0 Å². The minimum Gasteiger partial charge on any atom is -0.399 e. The molecule has 0 heterocycles. The van der Waals surface area contributed by atoms with Crippen LogP contribution in [0.4, 0.5) is 0 Å². The van der Waals surface area contributed by atoms with Crippen molar-refractivity contribution < 1.29 is 9.68 Å². The van der Waals surface area contributed by atoms with Crippen molar-refractivity contribution in [2.24, 2.45) is 10.3 Å². The van der Waals surface area contributed by atoms with Gasteiger partial charge in [0, 0.05) is 11.1 Å². The molecular formula is C14H16N2O2. The van der Waals surface area contributed by atoms with Crippen LogP contribution in [0.15, 0.2) is 34.6 Å². The molecule has 1 aromatic carbocycles. The van der Waals surface area contributed by atoms with Crippen molar-refractivity contribution in [2.75, 3.05) is 13.7 Å². The smallest absolute Gasteiger partial charge is 0.134 e. The van der Waals surface area contributed by atoms with Gasteiger partial charge in [-0.05, 0) is 26.0 Å². The highest BCUT2D eigenvalue weighted by Gasteiger charge is 2.09. The van der Waals surface area contributed by atoms with E-state index in [1.807, 2.05) is 31.2 Å². The molecule has 0 N–H and O–H groups in total. The van der Waals surface area contributed by atoms with E-state index in [1.54, 1.807) is 6.92 Å². The summed E-state index contributed by atoms with van der Waals surface area (Å²) in [5.74, 6) is 2.56. The maximum absolute atomic E-state index is 5.32. The lowest BCUT2D eigenvalue weighted by atomic mass is 10.1. The maximum atomic E-state index is 5.32. The van der Waals surface area contributed by atoms with Gasteiger partial charge in [0.05, 0.1) is 0 Å². The van der Waals surface area contributed by atoms with Crippen LogP contribution in [-0.4, -0.2) is 25.1 Å². The van der Waals surface area contributed by atoms with Crippen LogP contribution in [0, 0.1) is 12.3 Å². The number of oxime groups is 2. The summed E-state index contributed by atoms with van der Waals surface area (Å²) in [6.45, 7) is 4.16. The highest BCUT2D eigenvalue weighted by atomic mass is 16.6. The molecule has 0 aliphatic rings. The third kappa shape index (κ3) is 3.63. The molecule has 4 nitrogen and oxygen atoms in total. The molecule has 0 radical (unpaired) electrons. The number of benzene rings is 1. The van der Waals surface area contributed by atoms with Crippen molar-refractivity contribution in [2.45, 2.75) is 13.8 Å². The lowest BCUT2D eigenvalue weighted by Crippen LogP contribution is -2.13. The summed E-state index contributed by atoms with van der Waals surface area (Å²) >= 11 is 0. The molecule has 18 heavy (non-hydrogen) atoms. The summed E-state index contributed by atoms with van der Waals surface area (Å²) in [6.07, 6.45) is 5.32. The van der Waals surface area contributed by atoms with Gasteiger partial charge in [-0.2, -0.15) is 0 Å². The molecule has 0 saturated heterocycles. The molecule has 1 aromatic rings. The summed E-state index contributed by atoms with van der Waals surface area (Å²) in [5, 5.41) is 7.90. The first-order chi connectivity index (χ1) is 8.72. The Morgan fingerprint density at radius 2 is 1.94 bits per heavy atom. The van der Waals surface area contributed by atoms with Gasteiger partial charge in [-0.3, -0.25) is 0 Å². The van der Waals surface area contributed by atoms with E-state index in [2.05, 4.69) is 16.2 Å². The summed E-state index contributed by atoms with van der Waals surface area (Å²) in [7, 11) is 1.49. The van der Waals surface area contributed by atoms with E-state index in [0.29, 0.717) is 18.0 Å². The molecule has 4 heteroatoms. The van der Waals surface area contributed by atoms with Crippen molar-refractivity contribution >= 4 is 11.4 Å². The normalized spacial score (nSPS) is 11.9. The summed E-state index contributed by atoms with van der Waals surface area (Å²) in [5.41, 5.74) is 2.96. The highest BCUT2D eigenvalue weighted by Crippen LogP contribution is 2.07. The third-order valence-electron chi connectivity index (χ3n) is 2.18. The van der Waals surface area contributed by atoms with Crippen LogP contribution >= 0.6 is 0 Å². The third-order valence-corrected chi connectivity index (χ3v) is 2.18. The number of hydrogen-bond acceptors (Lipinski definition) is 4.